The molecule has 1 amide bonds. The van der Waals surface area contributed by atoms with E-state index < -0.39 is 11.0 Å². The van der Waals surface area contributed by atoms with Gasteiger partial charge < -0.3 is 15.2 Å². The van der Waals surface area contributed by atoms with Crippen molar-refractivity contribution in [3.05, 3.63) is 34.9 Å². The number of nitrogens with one attached hydrogen (secondary N) is 1. The maximum Gasteiger partial charge on any atom is 0.252 e. The lowest BCUT2D eigenvalue weighted by Gasteiger charge is -2.57. The summed E-state index contributed by atoms with van der Waals surface area (Å²) in [6, 6.07) is 6.86. The van der Waals surface area contributed by atoms with Gasteiger partial charge in [-0.15, -0.1) is 0 Å². The summed E-state index contributed by atoms with van der Waals surface area (Å²) in [6.45, 7) is 6.66. The van der Waals surface area contributed by atoms with Gasteiger partial charge in [-0.3, -0.25) is 4.79 Å². The molecule has 1 saturated carbocycles. The van der Waals surface area contributed by atoms with Gasteiger partial charge in [-0.05, 0) is 19.1 Å². The second kappa shape index (κ2) is 5.95. The molecule has 2 rings (SSSR count). The van der Waals surface area contributed by atoms with E-state index in [2.05, 4.69) is 5.32 Å². The molecular weight excluding hydrogens is 290 g/mol. The van der Waals surface area contributed by atoms with Gasteiger partial charge in [0.15, 0.2) is 0 Å². The summed E-state index contributed by atoms with van der Waals surface area (Å²) in [5.74, 6) is -0.273. The Balaban J connectivity index is 1.98. The van der Waals surface area contributed by atoms with E-state index in [4.69, 9.17) is 16.3 Å². The second-order valence-corrected chi connectivity index (χ2v) is 6.47. The summed E-state index contributed by atoms with van der Waals surface area (Å²) < 4.78 is 5.61. The van der Waals surface area contributed by atoms with Gasteiger partial charge in [-0.2, -0.15) is 0 Å². The molecule has 0 radical (unpaired) electrons. The number of hydrogen-bond acceptors (Lipinski definition) is 3. The molecule has 0 spiro atoms. The predicted octanol–water partition coefficient (Wildman–Crippen LogP) is 2.64. The molecule has 0 unspecified atom stereocenters. The zero-order valence-corrected chi connectivity index (χ0v) is 13.4. The molecule has 1 aliphatic carbocycles. The molecule has 1 aliphatic rings. The first kappa shape index (κ1) is 16.3. The number of benzene rings is 1. The van der Waals surface area contributed by atoms with Crippen molar-refractivity contribution in [1.29, 1.82) is 0 Å². The van der Waals surface area contributed by atoms with E-state index in [1.54, 1.807) is 24.3 Å². The quantitative estimate of drug-likeness (QED) is 0.879. The van der Waals surface area contributed by atoms with Gasteiger partial charge in [-0.25, -0.2) is 0 Å². The highest BCUT2D eigenvalue weighted by atomic mass is 35.5. The van der Waals surface area contributed by atoms with Crippen molar-refractivity contribution in [2.45, 2.75) is 38.9 Å². The minimum absolute atomic E-state index is 0.0183. The van der Waals surface area contributed by atoms with Crippen molar-refractivity contribution >= 4 is 17.5 Å². The second-order valence-electron chi connectivity index (χ2n) is 6.06. The Bertz CT molecular complexity index is 532. The lowest BCUT2D eigenvalue weighted by molar-refractivity contribution is -0.237. The van der Waals surface area contributed by atoms with E-state index in [1.807, 2.05) is 20.8 Å². The average molecular weight is 312 g/mol. The van der Waals surface area contributed by atoms with Crippen LogP contribution in [0.4, 0.5) is 0 Å². The van der Waals surface area contributed by atoms with Crippen LogP contribution in [-0.4, -0.2) is 35.9 Å². The van der Waals surface area contributed by atoms with Gasteiger partial charge in [0, 0.05) is 25.0 Å². The molecule has 4 nitrogen and oxygen atoms in total. The zero-order chi connectivity index (χ0) is 15.7. The van der Waals surface area contributed by atoms with Gasteiger partial charge >= 0.3 is 0 Å². The van der Waals surface area contributed by atoms with Crippen molar-refractivity contribution in [3.63, 3.8) is 0 Å². The molecule has 0 bridgehead atoms. The number of aliphatic hydroxyl groups is 1. The number of amides is 1. The normalized spacial score (nSPS) is 27.0. The number of carbonyl (C=O) groups is 1. The summed E-state index contributed by atoms with van der Waals surface area (Å²) in [7, 11) is 0. The molecule has 5 heteroatoms. The Kier molecular flexibility index (Phi) is 4.61. The smallest absolute Gasteiger partial charge is 0.252 e. The molecule has 21 heavy (non-hydrogen) atoms. The number of rotatable bonds is 5. The van der Waals surface area contributed by atoms with Crippen molar-refractivity contribution in [1.82, 2.24) is 5.32 Å². The lowest BCUT2D eigenvalue weighted by atomic mass is 9.56. The molecule has 0 heterocycles. The molecule has 2 atom stereocenters. The van der Waals surface area contributed by atoms with Crippen LogP contribution in [-0.2, 0) is 4.74 Å². The van der Waals surface area contributed by atoms with Crippen LogP contribution in [0.3, 0.4) is 0 Å². The van der Waals surface area contributed by atoms with Crippen molar-refractivity contribution in [3.8, 4) is 0 Å². The highest BCUT2D eigenvalue weighted by Gasteiger charge is 2.59. The highest BCUT2D eigenvalue weighted by Crippen LogP contribution is 2.50. The molecule has 0 aromatic heterocycles. The first-order chi connectivity index (χ1) is 9.82. The topological polar surface area (TPSA) is 58.6 Å². The molecule has 116 valence electrons. The van der Waals surface area contributed by atoms with E-state index in [1.165, 1.54) is 0 Å². The summed E-state index contributed by atoms with van der Waals surface area (Å²) in [5.41, 5.74) is -0.929. The molecule has 1 aromatic rings. The van der Waals surface area contributed by atoms with E-state index in [0.717, 1.165) is 0 Å². The molecular formula is C16H22ClNO3. The molecule has 0 saturated heterocycles. The first-order valence-electron chi connectivity index (χ1n) is 7.18. The largest absolute Gasteiger partial charge is 0.387 e. The van der Waals surface area contributed by atoms with Gasteiger partial charge in [0.2, 0.25) is 0 Å². The third kappa shape index (κ3) is 2.93. The lowest BCUT2D eigenvalue weighted by Crippen LogP contribution is -2.68. The molecule has 0 aliphatic heterocycles. The number of ether oxygens (including phenoxy) is 1. The monoisotopic (exact) mass is 311 g/mol. The molecule has 2 N–H and O–H groups in total. The fourth-order valence-corrected chi connectivity index (χ4v) is 2.95. The Morgan fingerprint density at radius 1 is 1.48 bits per heavy atom. The summed E-state index contributed by atoms with van der Waals surface area (Å²) in [4.78, 5) is 12.1. The van der Waals surface area contributed by atoms with Gasteiger partial charge in [0.05, 0.1) is 22.3 Å². The fraction of sp³-hybridized carbons (Fsp3) is 0.562. The molecule has 1 aromatic carbocycles. The van der Waals surface area contributed by atoms with E-state index in [9.17, 15) is 9.90 Å². The van der Waals surface area contributed by atoms with E-state index in [-0.39, 0.29) is 18.6 Å². The van der Waals surface area contributed by atoms with Crippen molar-refractivity contribution in [2.24, 2.45) is 5.41 Å². The number of carbonyl (C=O) groups excluding carboxylic acids is 1. The third-order valence-electron chi connectivity index (χ3n) is 4.56. The van der Waals surface area contributed by atoms with Crippen LogP contribution < -0.4 is 5.32 Å². The maximum atomic E-state index is 12.1. The van der Waals surface area contributed by atoms with Crippen LogP contribution >= 0.6 is 11.6 Å². The van der Waals surface area contributed by atoms with E-state index in [0.29, 0.717) is 23.6 Å². The molecule has 1 fully saturated rings. The predicted molar refractivity (Wildman–Crippen MR) is 82.5 cm³/mol. The van der Waals surface area contributed by atoms with Crippen LogP contribution in [0.15, 0.2) is 24.3 Å². The Labute approximate surface area is 130 Å². The third-order valence-corrected chi connectivity index (χ3v) is 4.88. The summed E-state index contributed by atoms with van der Waals surface area (Å²) >= 11 is 5.99. The van der Waals surface area contributed by atoms with Crippen LogP contribution in [0.5, 0.6) is 0 Å². The van der Waals surface area contributed by atoms with Crippen LogP contribution in [0.1, 0.15) is 37.6 Å². The number of hydrogen-bond donors (Lipinski definition) is 2. The highest BCUT2D eigenvalue weighted by molar-refractivity contribution is 6.33. The van der Waals surface area contributed by atoms with Crippen molar-refractivity contribution < 1.29 is 14.6 Å². The van der Waals surface area contributed by atoms with Crippen LogP contribution in [0.2, 0.25) is 5.02 Å². The van der Waals surface area contributed by atoms with Gasteiger partial charge in [0.1, 0.15) is 0 Å². The number of halogens is 1. The summed E-state index contributed by atoms with van der Waals surface area (Å²) in [6.07, 6.45) is 0.543. The standard InChI is InChI=1S/C16H22ClNO3/c1-4-21-13-9-16(20,15(13,2)3)10-18-14(19)11-7-5-6-8-12(11)17/h5-8,13,20H,4,9-10H2,1-3H3,(H,18,19)/t13-,16-/m0/s1. The van der Waals surface area contributed by atoms with Crippen molar-refractivity contribution in [2.75, 3.05) is 13.2 Å². The Morgan fingerprint density at radius 2 is 2.14 bits per heavy atom. The summed E-state index contributed by atoms with van der Waals surface area (Å²) in [5, 5.41) is 13.8. The Morgan fingerprint density at radius 3 is 2.71 bits per heavy atom. The van der Waals surface area contributed by atoms with Crippen LogP contribution in [0.25, 0.3) is 0 Å². The van der Waals surface area contributed by atoms with E-state index >= 15 is 0 Å². The maximum absolute atomic E-state index is 12.1. The Hall–Kier alpha value is -1.10. The van der Waals surface area contributed by atoms with Gasteiger partial charge in [-0.1, -0.05) is 37.6 Å². The zero-order valence-electron chi connectivity index (χ0n) is 12.6. The average Bonchev–Trinajstić information content (AvgIpc) is 2.45. The minimum Gasteiger partial charge on any atom is -0.387 e. The first-order valence-corrected chi connectivity index (χ1v) is 7.56. The fourth-order valence-electron chi connectivity index (χ4n) is 2.73. The SMILES string of the molecule is CCO[C@H]1C[C@](O)(CNC(=O)c2ccccc2Cl)C1(C)C. The van der Waals surface area contributed by atoms with Crippen LogP contribution in [0, 0.1) is 5.41 Å². The minimum atomic E-state index is -0.955. The van der Waals surface area contributed by atoms with Gasteiger partial charge in [0.25, 0.3) is 5.91 Å².